The third kappa shape index (κ3) is 3.56. The molecular weight excluding hydrogens is 396 g/mol. The third-order valence-electron chi connectivity index (χ3n) is 2.62. The smallest absolute Gasteiger partial charge is 0.201 e. The SMILES string of the molecule is NCCc1ccc(Br)cc1Oc1cc(Br)cc(F)c1F. The molecule has 0 amide bonds. The molecule has 0 aliphatic heterocycles. The Morgan fingerprint density at radius 3 is 2.40 bits per heavy atom. The van der Waals surface area contributed by atoms with E-state index in [0.29, 0.717) is 23.2 Å². The summed E-state index contributed by atoms with van der Waals surface area (Å²) < 4.78 is 33.8. The molecule has 2 rings (SSSR count). The van der Waals surface area contributed by atoms with Crippen molar-refractivity contribution in [2.45, 2.75) is 6.42 Å². The van der Waals surface area contributed by atoms with Crippen LogP contribution in [0.3, 0.4) is 0 Å². The van der Waals surface area contributed by atoms with E-state index >= 15 is 0 Å². The van der Waals surface area contributed by atoms with Gasteiger partial charge in [0.2, 0.25) is 5.82 Å². The molecule has 0 fully saturated rings. The summed E-state index contributed by atoms with van der Waals surface area (Å²) in [5, 5.41) is 0. The van der Waals surface area contributed by atoms with Gasteiger partial charge in [0.15, 0.2) is 11.6 Å². The molecule has 2 aromatic rings. The Morgan fingerprint density at radius 1 is 1.00 bits per heavy atom. The van der Waals surface area contributed by atoms with Crippen molar-refractivity contribution < 1.29 is 13.5 Å². The molecule has 0 spiro atoms. The summed E-state index contributed by atoms with van der Waals surface area (Å²) in [6.45, 7) is 0.438. The summed E-state index contributed by atoms with van der Waals surface area (Å²) in [6, 6.07) is 7.80. The largest absolute Gasteiger partial charge is 0.454 e. The fraction of sp³-hybridized carbons (Fsp3) is 0.143. The standard InChI is InChI=1S/C14H11Br2F2NO/c15-9-2-1-8(3-4-19)12(6-9)20-13-7-10(16)5-11(17)14(13)18/h1-2,5-7H,3-4,19H2. The number of hydrogen-bond acceptors (Lipinski definition) is 2. The molecule has 6 heteroatoms. The van der Waals surface area contributed by atoms with Crippen molar-refractivity contribution in [1.29, 1.82) is 0 Å². The monoisotopic (exact) mass is 405 g/mol. The molecule has 0 saturated heterocycles. The Morgan fingerprint density at radius 2 is 1.70 bits per heavy atom. The highest BCUT2D eigenvalue weighted by Crippen LogP contribution is 2.33. The first-order chi connectivity index (χ1) is 9.51. The van der Waals surface area contributed by atoms with Crippen molar-refractivity contribution in [2.75, 3.05) is 6.54 Å². The molecule has 0 aliphatic rings. The summed E-state index contributed by atoms with van der Waals surface area (Å²) >= 11 is 6.43. The second-order valence-corrected chi connectivity index (χ2v) is 5.92. The molecular formula is C14H11Br2F2NO. The predicted molar refractivity (Wildman–Crippen MR) is 81.0 cm³/mol. The summed E-state index contributed by atoms with van der Waals surface area (Å²) in [6.07, 6.45) is 0.584. The number of benzene rings is 2. The zero-order chi connectivity index (χ0) is 14.7. The van der Waals surface area contributed by atoms with E-state index in [9.17, 15) is 8.78 Å². The van der Waals surface area contributed by atoms with Gasteiger partial charge in [0.05, 0.1) is 0 Å². The molecule has 0 atom stereocenters. The van der Waals surface area contributed by atoms with Crippen LogP contribution in [0.1, 0.15) is 5.56 Å². The lowest BCUT2D eigenvalue weighted by molar-refractivity contribution is 0.412. The number of halogens is 4. The molecule has 2 aromatic carbocycles. The van der Waals surface area contributed by atoms with Crippen molar-refractivity contribution >= 4 is 31.9 Å². The van der Waals surface area contributed by atoms with Crippen molar-refractivity contribution in [3.8, 4) is 11.5 Å². The van der Waals surface area contributed by atoms with Crippen molar-refractivity contribution in [2.24, 2.45) is 5.73 Å². The van der Waals surface area contributed by atoms with Crippen LogP contribution in [0.15, 0.2) is 39.3 Å². The maximum atomic E-state index is 13.7. The van der Waals surface area contributed by atoms with Gasteiger partial charge < -0.3 is 10.5 Å². The van der Waals surface area contributed by atoms with Crippen LogP contribution in [0.5, 0.6) is 11.5 Å². The number of rotatable bonds is 4. The Bertz CT molecular complexity index is 635. The van der Waals surface area contributed by atoms with Crippen LogP contribution in [0.4, 0.5) is 8.78 Å². The van der Waals surface area contributed by atoms with Crippen LogP contribution in [0.25, 0.3) is 0 Å². The molecule has 20 heavy (non-hydrogen) atoms. The molecule has 0 saturated carbocycles. The van der Waals surface area contributed by atoms with Crippen LogP contribution in [-0.2, 0) is 6.42 Å². The van der Waals surface area contributed by atoms with Gasteiger partial charge >= 0.3 is 0 Å². The Balaban J connectivity index is 2.41. The molecule has 0 unspecified atom stereocenters. The molecule has 0 bridgehead atoms. The van der Waals surface area contributed by atoms with Gasteiger partial charge in [-0.3, -0.25) is 0 Å². The van der Waals surface area contributed by atoms with E-state index in [-0.39, 0.29) is 5.75 Å². The summed E-state index contributed by atoms with van der Waals surface area (Å²) in [7, 11) is 0. The van der Waals surface area contributed by atoms with Crippen molar-refractivity contribution in [3.05, 3.63) is 56.5 Å². The molecule has 2 nitrogen and oxygen atoms in total. The average Bonchev–Trinajstić information content (AvgIpc) is 2.38. The molecule has 2 N–H and O–H groups in total. The number of nitrogens with two attached hydrogens (primary N) is 1. The minimum Gasteiger partial charge on any atom is -0.454 e. The van der Waals surface area contributed by atoms with E-state index in [0.717, 1.165) is 16.1 Å². The highest BCUT2D eigenvalue weighted by atomic mass is 79.9. The molecule has 0 aromatic heterocycles. The van der Waals surface area contributed by atoms with Gasteiger partial charge in [-0.2, -0.15) is 4.39 Å². The zero-order valence-electron chi connectivity index (χ0n) is 10.3. The Hall–Kier alpha value is -0.980. The minimum atomic E-state index is -1.02. The highest BCUT2D eigenvalue weighted by molar-refractivity contribution is 9.10. The predicted octanol–water partition coefficient (Wildman–Crippen LogP) is 4.78. The van der Waals surface area contributed by atoms with E-state index in [2.05, 4.69) is 31.9 Å². The quantitative estimate of drug-likeness (QED) is 0.741. The summed E-state index contributed by atoms with van der Waals surface area (Å²) in [5.74, 6) is -1.72. The molecule has 106 valence electrons. The van der Waals surface area contributed by atoms with E-state index in [1.54, 1.807) is 6.07 Å². The summed E-state index contributed by atoms with van der Waals surface area (Å²) in [5.41, 5.74) is 6.36. The molecule has 0 heterocycles. The maximum absolute atomic E-state index is 13.7. The summed E-state index contributed by atoms with van der Waals surface area (Å²) in [4.78, 5) is 0. The van der Waals surface area contributed by atoms with E-state index in [1.165, 1.54) is 6.07 Å². The third-order valence-corrected chi connectivity index (χ3v) is 3.57. The minimum absolute atomic E-state index is 0.173. The van der Waals surface area contributed by atoms with Crippen LogP contribution in [-0.4, -0.2) is 6.54 Å². The zero-order valence-corrected chi connectivity index (χ0v) is 13.5. The van der Waals surface area contributed by atoms with E-state index in [1.807, 2.05) is 12.1 Å². The first-order valence-electron chi connectivity index (χ1n) is 5.82. The fourth-order valence-corrected chi connectivity index (χ4v) is 2.46. The Kier molecular flexibility index (Phi) is 5.12. The topological polar surface area (TPSA) is 35.2 Å². The molecule has 0 aliphatic carbocycles. The fourth-order valence-electron chi connectivity index (χ4n) is 1.71. The first kappa shape index (κ1) is 15.4. The number of hydrogen-bond donors (Lipinski definition) is 1. The van der Waals surface area contributed by atoms with E-state index in [4.69, 9.17) is 10.5 Å². The van der Waals surface area contributed by atoms with Crippen LogP contribution in [0.2, 0.25) is 0 Å². The van der Waals surface area contributed by atoms with Gasteiger partial charge in [-0.1, -0.05) is 37.9 Å². The van der Waals surface area contributed by atoms with Gasteiger partial charge in [0, 0.05) is 8.95 Å². The maximum Gasteiger partial charge on any atom is 0.201 e. The van der Waals surface area contributed by atoms with Gasteiger partial charge in [-0.05, 0) is 42.8 Å². The number of ether oxygens (including phenoxy) is 1. The second kappa shape index (κ2) is 6.65. The second-order valence-electron chi connectivity index (χ2n) is 4.09. The molecule has 0 radical (unpaired) electrons. The lowest BCUT2D eigenvalue weighted by atomic mass is 10.1. The van der Waals surface area contributed by atoms with Gasteiger partial charge in [0.25, 0.3) is 0 Å². The van der Waals surface area contributed by atoms with E-state index < -0.39 is 11.6 Å². The average molecular weight is 407 g/mol. The Labute approximate surface area is 132 Å². The highest BCUT2D eigenvalue weighted by Gasteiger charge is 2.14. The van der Waals surface area contributed by atoms with Gasteiger partial charge in [0.1, 0.15) is 5.75 Å². The van der Waals surface area contributed by atoms with Crippen LogP contribution in [0, 0.1) is 11.6 Å². The van der Waals surface area contributed by atoms with Crippen molar-refractivity contribution in [1.82, 2.24) is 0 Å². The van der Waals surface area contributed by atoms with Crippen LogP contribution >= 0.6 is 31.9 Å². The lowest BCUT2D eigenvalue weighted by Crippen LogP contribution is -2.04. The van der Waals surface area contributed by atoms with Gasteiger partial charge in [-0.15, -0.1) is 0 Å². The van der Waals surface area contributed by atoms with Crippen molar-refractivity contribution in [3.63, 3.8) is 0 Å². The normalized spacial score (nSPS) is 10.7. The first-order valence-corrected chi connectivity index (χ1v) is 7.40. The lowest BCUT2D eigenvalue weighted by Gasteiger charge is -2.12. The van der Waals surface area contributed by atoms with Gasteiger partial charge in [-0.25, -0.2) is 4.39 Å². The van der Waals surface area contributed by atoms with Crippen LogP contribution < -0.4 is 10.5 Å².